The Bertz CT molecular complexity index is 2480. The third-order valence-electron chi connectivity index (χ3n) is 10.6. The minimum atomic E-state index is -1.37. The van der Waals surface area contributed by atoms with Crippen LogP contribution in [0.25, 0.3) is 55.7 Å². The first-order chi connectivity index (χ1) is 25.6. The Morgan fingerprint density at radius 1 is 0.909 bits per heavy atom. The normalized spacial score (nSPS) is 13.3. The average Bonchev–Trinajstić information content (AvgIpc) is 3.70. The first kappa shape index (κ1) is 40.7. The van der Waals surface area contributed by atoms with Crippen LogP contribution in [0.4, 0.5) is 0 Å². The zero-order valence-corrected chi connectivity index (χ0v) is 37.8. The van der Waals surface area contributed by atoms with Gasteiger partial charge >= 0.3 is 0 Å². The Morgan fingerprint density at radius 2 is 1.67 bits per heavy atom. The number of imidazole rings is 1. The van der Waals surface area contributed by atoms with Gasteiger partial charge in [-0.1, -0.05) is 90.5 Å². The fourth-order valence-corrected chi connectivity index (χ4v) is 9.49. The summed E-state index contributed by atoms with van der Waals surface area (Å²) in [7, 11) is -1.37. The largest absolute Gasteiger partial charge is 0.486 e. The zero-order valence-electron chi connectivity index (χ0n) is 34.4. The van der Waals surface area contributed by atoms with Crippen LogP contribution in [0.2, 0.25) is 19.6 Å². The molecule has 5 heterocycles. The van der Waals surface area contributed by atoms with Crippen LogP contribution in [0.15, 0.2) is 65.3 Å². The van der Waals surface area contributed by atoms with Gasteiger partial charge in [-0.15, -0.1) is 58.7 Å². The Labute approximate surface area is 342 Å². The van der Waals surface area contributed by atoms with Crippen LogP contribution in [0.1, 0.15) is 95.4 Å². The Morgan fingerprint density at radius 3 is 2.38 bits per heavy atom. The average molecular weight is 926 g/mol. The minimum Gasteiger partial charge on any atom is -0.486 e. The third-order valence-corrected chi connectivity index (χ3v) is 12.6. The van der Waals surface area contributed by atoms with Crippen molar-refractivity contribution in [3.8, 4) is 22.6 Å². The molecule has 0 atom stereocenters. The van der Waals surface area contributed by atoms with E-state index < -0.39 is 8.07 Å². The molecule has 55 heavy (non-hydrogen) atoms. The maximum Gasteiger partial charge on any atom is 0.216 e. The van der Waals surface area contributed by atoms with Crippen LogP contribution < -0.4 is 5.19 Å². The molecule has 0 spiro atoms. The van der Waals surface area contributed by atoms with Crippen molar-refractivity contribution in [1.29, 1.82) is 0 Å². The number of benzene rings is 2. The van der Waals surface area contributed by atoms with Crippen molar-refractivity contribution in [3.05, 3.63) is 101 Å². The smallest absolute Gasteiger partial charge is 0.216 e. The summed E-state index contributed by atoms with van der Waals surface area (Å²) in [6, 6.07) is 24.0. The quantitative estimate of drug-likeness (QED) is 0.123. The molecule has 0 bridgehead atoms. The van der Waals surface area contributed by atoms with Gasteiger partial charge in [0.25, 0.3) is 0 Å². The molecule has 0 unspecified atom stereocenters. The van der Waals surface area contributed by atoms with E-state index in [1.54, 1.807) is 0 Å². The summed E-state index contributed by atoms with van der Waals surface area (Å²) in [4.78, 5) is 19.1. The number of pyridine rings is 3. The predicted octanol–water partition coefficient (Wildman–Crippen LogP) is 11.5. The van der Waals surface area contributed by atoms with Crippen LogP contribution in [0, 0.1) is 25.0 Å². The molecule has 7 aromatic rings. The molecule has 0 aliphatic heterocycles. The summed E-state index contributed by atoms with van der Waals surface area (Å²) in [5, 5.41) is 3.56. The molecule has 6 nitrogen and oxygen atoms in total. The number of aryl methyl sites for hydroxylation is 2. The molecule has 0 N–H and O–H groups in total. The fourth-order valence-electron chi connectivity index (χ4n) is 7.90. The first-order valence-corrected chi connectivity index (χ1v) is 23.2. The molecular weight excluding hydrogens is 871 g/mol. The molecule has 5 aromatic heterocycles. The van der Waals surface area contributed by atoms with Crippen LogP contribution in [0.5, 0.6) is 0 Å². The second kappa shape index (κ2) is 15.9. The molecule has 8 rings (SSSR count). The Balaban J connectivity index is 0.000000188. The maximum absolute atomic E-state index is 6.06. The summed E-state index contributed by atoms with van der Waals surface area (Å²) in [6.45, 7) is 24.7. The molecule has 1 aliphatic carbocycles. The molecule has 8 heteroatoms. The minimum absolute atomic E-state index is 0. The number of fused-ring (bicyclic) bond motifs is 5. The molecule has 1 radical (unpaired) electrons. The van der Waals surface area contributed by atoms with Crippen molar-refractivity contribution in [3.63, 3.8) is 0 Å². The van der Waals surface area contributed by atoms with Crippen molar-refractivity contribution in [2.24, 2.45) is 5.92 Å². The SMILES string of the molecule is CC(C)Cc1cc(-c2[c-]ccc3c2CCCC3)ncc1[Si](C)(C)C.Cc1nccc2nc(-c3[c-]cc4oc5nc(C(C)(C)C)ccc5c4c3)n(C(C)C)c12.[Ir]. The van der Waals surface area contributed by atoms with Gasteiger partial charge in [-0.3, -0.25) is 9.97 Å². The standard InChI is InChI=1S/C25H25N4O.C22H30NSi.Ir/c1-14(2)29-22-15(3)26-12-11-19(22)27-23(29)16-7-9-20-18(13-16)17-8-10-21(25(4,5)6)28-24(17)30-20;1-16(2)13-18-14-21(23-15-22(18)24(3,4)5)20-12-8-10-17-9-6-7-11-19(17)20;/h8-14H,1-6H3;8,10,14-16H,6-7,9,11,13H2,1-5H3;/q2*-1;. The number of hydrogen-bond donors (Lipinski definition) is 0. The van der Waals surface area contributed by atoms with E-state index in [0.717, 1.165) is 62.3 Å². The van der Waals surface area contributed by atoms with Crippen molar-refractivity contribution in [2.45, 2.75) is 119 Å². The van der Waals surface area contributed by atoms with E-state index in [4.69, 9.17) is 19.4 Å². The maximum atomic E-state index is 6.06. The van der Waals surface area contributed by atoms with Crippen LogP contribution in [0.3, 0.4) is 0 Å². The summed E-state index contributed by atoms with van der Waals surface area (Å²) in [6.07, 6.45) is 10.1. The zero-order chi connectivity index (χ0) is 38.5. The molecule has 0 amide bonds. The summed E-state index contributed by atoms with van der Waals surface area (Å²) < 4.78 is 8.30. The van der Waals surface area contributed by atoms with E-state index in [-0.39, 0.29) is 31.6 Å². The monoisotopic (exact) mass is 926 g/mol. The van der Waals surface area contributed by atoms with Gasteiger partial charge in [-0.25, -0.2) is 4.98 Å². The molecule has 289 valence electrons. The van der Waals surface area contributed by atoms with Gasteiger partial charge in [0.15, 0.2) is 0 Å². The fraction of sp³-hybridized carbons (Fsp3) is 0.404. The van der Waals surface area contributed by atoms with Gasteiger partial charge < -0.3 is 14.0 Å². The van der Waals surface area contributed by atoms with Crippen molar-refractivity contribution in [1.82, 2.24) is 24.5 Å². The van der Waals surface area contributed by atoms with Crippen molar-refractivity contribution >= 4 is 46.4 Å². The van der Waals surface area contributed by atoms with Crippen molar-refractivity contribution < 1.29 is 24.5 Å². The number of nitrogens with zero attached hydrogens (tertiary/aromatic N) is 5. The summed E-state index contributed by atoms with van der Waals surface area (Å²) >= 11 is 0. The van der Waals surface area contributed by atoms with E-state index in [1.807, 2.05) is 25.3 Å². The van der Waals surface area contributed by atoms with Gasteiger partial charge in [0, 0.05) is 55.0 Å². The van der Waals surface area contributed by atoms with E-state index in [9.17, 15) is 0 Å². The van der Waals surface area contributed by atoms with Gasteiger partial charge in [0.2, 0.25) is 5.71 Å². The van der Waals surface area contributed by atoms with E-state index in [0.29, 0.717) is 11.6 Å². The Hall–Kier alpha value is -3.97. The third kappa shape index (κ3) is 8.28. The molecular formula is C47H55IrN5OSi-2. The van der Waals surface area contributed by atoms with E-state index in [2.05, 4.69) is 132 Å². The van der Waals surface area contributed by atoms with Crippen LogP contribution in [-0.4, -0.2) is 32.6 Å². The number of aromatic nitrogens is 5. The van der Waals surface area contributed by atoms with Crippen LogP contribution >= 0.6 is 0 Å². The molecule has 1 aliphatic rings. The van der Waals surface area contributed by atoms with Crippen LogP contribution in [-0.2, 0) is 44.8 Å². The van der Waals surface area contributed by atoms with E-state index in [1.165, 1.54) is 53.1 Å². The molecule has 0 fully saturated rings. The predicted molar refractivity (Wildman–Crippen MR) is 227 cm³/mol. The molecule has 2 aromatic carbocycles. The Kier molecular flexibility index (Phi) is 11.7. The van der Waals surface area contributed by atoms with Crippen molar-refractivity contribution in [2.75, 3.05) is 0 Å². The second-order valence-corrected chi connectivity index (χ2v) is 22.9. The van der Waals surface area contributed by atoms with Gasteiger partial charge in [0.1, 0.15) is 0 Å². The van der Waals surface area contributed by atoms with Gasteiger partial charge in [0.05, 0.1) is 36.2 Å². The van der Waals surface area contributed by atoms with E-state index >= 15 is 0 Å². The van der Waals surface area contributed by atoms with Gasteiger partial charge in [-0.2, -0.15) is 0 Å². The first-order valence-electron chi connectivity index (χ1n) is 19.7. The number of rotatable bonds is 6. The molecule has 0 saturated heterocycles. The summed E-state index contributed by atoms with van der Waals surface area (Å²) in [5.41, 5.74) is 13.3. The second-order valence-electron chi connectivity index (χ2n) is 17.8. The summed E-state index contributed by atoms with van der Waals surface area (Å²) in [5.74, 6) is 1.57. The number of furan rings is 1. The van der Waals surface area contributed by atoms with Gasteiger partial charge in [-0.05, 0) is 68.6 Å². The molecule has 0 saturated carbocycles. The topological polar surface area (TPSA) is 69.6 Å². The number of hydrogen-bond acceptors (Lipinski definition) is 5.